The fourth-order valence-corrected chi connectivity index (χ4v) is 1.20. The van der Waals surface area contributed by atoms with Gasteiger partial charge in [0.15, 0.2) is 6.29 Å². The third-order valence-electron chi connectivity index (χ3n) is 1.96. The van der Waals surface area contributed by atoms with E-state index in [0.717, 1.165) is 45.3 Å². The molecular weight excluding hydrogens is 183 g/mol. The van der Waals surface area contributed by atoms with E-state index in [9.17, 15) is 0 Å². The Hall–Kier alpha value is 0.517. The Morgan fingerprint density at radius 1 is 1.00 bits per heavy atom. The van der Waals surface area contributed by atoms with Crippen molar-refractivity contribution in [3.63, 3.8) is 0 Å². The summed E-state index contributed by atoms with van der Waals surface area (Å²) in [5, 5.41) is 0. The molecule has 0 aliphatic rings. The normalized spacial score (nSPS) is 10.4. The van der Waals surface area contributed by atoms with Crippen molar-refractivity contribution in [1.29, 1.82) is 0 Å². The quantitative estimate of drug-likeness (QED) is 0.226. The molecule has 0 unspecified atom stereocenters. The molecule has 0 saturated carbocycles. The van der Waals surface area contributed by atoms with Gasteiger partial charge >= 0.3 is 18.9 Å². The van der Waals surface area contributed by atoms with Gasteiger partial charge in [0.25, 0.3) is 0 Å². The first kappa shape index (κ1) is 17.9. The summed E-state index contributed by atoms with van der Waals surface area (Å²) in [7, 11) is 0. The van der Waals surface area contributed by atoms with Gasteiger partial charge in [0.2, 0.25) is 0 Å². The van der Waals surface area contributed by atoms with E-state index < -0.39 is 0 Å². The van der Waals surface area contributed by atoms with Crippen LogP contribution in [-0.4, -0.2) is 19.5 Å². The second-order valence-electron chi connectivity index (χ2n) is 3.52. The second kappa shape index (κ2) is 14.5. The Balaban J connectivity index is 0. The molecule has 0 aliphatic heterocycles. The van der Waals surface area contributed by atoms with Crippen molar-refractivity contribution in [3.8, 4) is 0 Å². The maximum atomic E-state index is 5.60. The van der Waals surface area contributed by atoms with Crippen LogP contribution in [0.5, 0.6) is 0 Å². The number of unbranched alkanes of at least 4 members (excludes halogenated alkanes) is 2. The van der Waals surface area contributed by atoms with Crippen molar-refractivity contribution < 1.29 is 28.3 Å². The largest absolute Gasteiger partial charge is 1.00 e. The van der Waals surface area contributed by atoms with Crippen molar-refractivity contribution >= 4 is 0 Å². The van der Waals surface area contributed by atoms with Crippen molar-refractivity contribution in [1.82, 2.24) is 0 Å². The molecule has 0 atom stereocenters. The van der Waals surface area contributed by atoms with Crippen molar-refractivity contribution in [2.45, 2.75) is 58.7 Å². The van der Waals surface area contributed by atoms with Crippen LogP contribution in [0.1, 0.15) is 52.4 Å². The van der Waals surface area contributed by atoms with Gasteiger partial charge in [-0.3, -0.25) is 0 Å². The second-order valence-corrected chi connectivity index (χ2v) is 3.52. The van der Waals surface area contributed by atoms with Gasteiger partial charge in [-0.2, -0.15) is 6.42 Å². The third kappa shape index (κ3) is 12.4. The van der Waals surface area contributed by atoms with Crippen LogP contribution in [0.25, 0.3) is 0 Å². The van der Waals surface area contributed by atoms with E-state index in [-0.39, 0.29) is 25.2 Å². The monoisotopic (exact) mass is 208 g/mol. The maximum absolute atomic E-state index is 5.60. The van der Waals surface area contributed by atoms with Crippen LogP contribution in [-0.2, 0) is 9.47 Å². The molecule has 0 aromatic carbocycles. The molecule has 0 N–H and O–H groups in total. The molecule has 0 aromatic rings. The average Bonchev–Trinajstić information content (AvgIpc) is 2.21. The van der Waals surface area contributed by atoms with E-state index in [4.69, 9.17) is 9.47 Å². The molecule has 0 bridgehead atoms. The van der Waals surface area contributed by atoms with Gasteiger partial charge in [0.05, 0.1) is 0 Å². The molecule has 0 saturated heterocycles. The van der Waals surface area contributed by atoms with Crippen LogP contribution in [0.2, 0.25) is 0 Å². The molecular formula is C12H25LiO2. The molecule has 0 rings (SSSR count). The minimum Gasteiger partial charge on any atom is -0.353 e. The predicted octanol–water partition coefficient (Wildman–Crippen LogP) is 0.564. The summed E-state index contributed by atoms with van der Waals surface area (Å²) in [5.41, 5.74) is 0. The molecule has 3 heteroatoms. The molecule has 15 heavy (non-hydrogen) atoms. The molecule has 0 spiro atoms. The van der Waals surface area contributed by atoms with E-state index in [1.807, 2.05) is 0 Å². The summed E-state index contributed by atoms with van der Waals surface area (Å²) in [4.78, 5) is 0. The summed E-state index contributed by atoms with van der Waals surface area (Å²) < 4.78 is 11.2. The van der Waals surface area contributed by atoms with E-state index in [1.165, 1.54) is 6.42 Å². The smallest absolute Gasteiger partial charge is 0.353 e. The molecule has 0 amide bonds. The summed E-state index contributed by atoms with van der Waals surface area (Å²) in [6.45, 7) is 9.67. The minimum atomic E-state index is 0. The van der Waals surface area contributed by atoms with Gasteiger partial charge in [0, 0.05) is 13.2 Å². The van der Waals surface area contributed by atoms with Gasteiger partial charge < -0.3 is 16.4 Å². The first-order valence-corrected chi connectivity index (χ1v) is 5.87. The predicted molar refractivity (Wildman–Crippen MR) is 60.1 cm³/mol. The molecule has 0 fully saturated rings. The Morgan fingerprint density at radius 3 is 1.93 bits per heavy atom. The van der Waals surface area contributed by atoms with Gasteiger partial charge in [-0.05, 0) is 19.3 Å². The third-order valence-corrected chi connectivity index (χ3v) is 1.96. The van der Waals surface area contributed by atoms with Crippen molar-refractivity contribution in [3.05, 3.63) is 6.92 Å². The number of rotatable bonds is 10. The number of ether oxygens (including phenoxy) is 2. The van der Waals surface area contributed by atoms with Crippen LogP contribution in [0.15, 0.2) is 0 Å². The van der Waals surface area contributed by atoms with Gasteiger partial charge in [-0.1, -0.05) is 26.7 Å². The zero-order valence-electron chi connectivity index (χ0n) is 10.8. The van der Waals surface area contributed by atoms with Crippen molar-refractivity contribution in [2.24, 2.45) is 0 Å². The van der Waals surface area contributed by atoms with Crippen molar-refractivity contribution in [2.75, 3.05) is 13.2 Å². The van der Waals surface area contributed by atoms with Gasteiger partial charge in [-0.15, -0.1) is 0 Å². The fraction of sp³-hybridized carbons (Fsp3) is 0.917. The van der Waals surface area contributed by atoms with E-state index in [0.29, 0.717) is 0 Å². The number of hydrogen-bond acceptors (Lipinski definition) is 2. The summed E-state index contributed by atoms with van der Waals surface area (Å²) in [5.74, 6) is 0. The topological polar surface area (TPSA) is 18.5 Å². The number of hydrogen-bond donors (Lipinski definition) is 0. The minimum absolute atomic E-state index is 0. The van der Waals surface area contributed by atoms with Crippen LogP contribution in [0.3, 0.4) is 0 Å². The van der Waals surface area contributed by atoms with Crippen LogP contribution >= 0.6 is 0 Å². The molecule has 2 nitrogen and oxygen atoms in total. The van der Waals surface area contributed by atoms with Crippen LogP contribution in [0.4, 0.5) is 0 Å². The Labute approximate surface area is 107 Å². The SMILES string of the molecule is [CH2-]CCCCC(OCCC)OCCC.[Li+]. The maximum Gasteiger partial charge on any atom is 1.00 e. The summed E-state index contributed by atoms with van der Waals surface area (Å²) in [6, 6.07) is 0. The Kier molecular flexibility index (Phi) is 17.3. The standard InChI is InChI=1S/C12H25O2.Li/c1-4-7-8-9-12(13-10-5-2)14-11-6-3;/h12H,1,4-11H2,2-3H3;/q-1;+1. The van der Waals surface area contributed by atoms with E-state index in [1.54, 1.807) is 0 Å². The molecule has 0 aliphatic carbocycles. The van der Waals surface area contributed by atoms with Crippen LogP contribution in [0, 0.1) is 6.92 Å². The molecule has 0 heterocycles. The summed E-state index contributed by atoms with van der Waals surface area (Å²) in [6.07, 6.45) is 6.47. The Bertz CT molecular complexity index is 102. The molecule has 0 radical (unpaired) electrons. The van der Waals surface area contributed by atoms with Gasteiger partial charge in [-0.25, -0.2) is 0 Å². The zero-order chi connectivity index (χ0) is 10.6. The molecule has 0 aromatic heterocycles. The van der Waals surface area contributed by atoms with Crippen LogP contribution < -0.4 is 18.9 Å². The van der Waals surface area contributed by atoms with E-state index in [2.05, 4.69) is 20.8 Å². The Morgan fingerprint density at radius 2 is 1.53 bits per heavy atom. The molecule has 86 valence electrons. The van der Waals surface area contributed by atoms with E-state index >= 15 is 0 Å². The first-order valence-electron chi connectivity index (χ1n) is 5.87. The fourth-order valence-electron chi connectivity index (χ4n) is 1.20. The first-order chi connectivity index (χ1) is 6.85. The zero-order valence-corrected chi connectivity index (χ0v) is 10.8. The van der Waals surface area contributed by atoms with Gasteiger partial charge in [0.1, 0.15) is 0 Å². The average molecular weight is 208 g/mol. The summed E-state index contributed by atoms with van der Waals surface area (Å²) >= 11 is 0.